The van der Waals surface area contributed by atoms with Crippen molar-refractivity contribution in [2.24, 2.45) is 0 Å². The van der Waals surface area contributed by atoms with Crippen LogP contribution in [0, 0.1) is 0 Å². The molecule has 0 spiro atoms. The van der Waals surface area contributed by atoms with Crippen LogP contribution in [0.25, 0.3) is 0 Å². The molecule has 0 aromatic carbocycles. The standard InChI is InChI=1S/C27H55NO2.Na/c1-2-3-4-5-6-7-8-9-10-11-12-13-14-15-16-17-18-19-20-21-22-23-25-28-26-24-27(29)30;/h28H,2-26H2,1H3,(H,29,30);/q;+1/p-1. The molecule has 0 unspecified atom stereocenters. The monoisotopic (exact) mass is 447 g/mol. The van der Waals surface area contributed by atoms with Crippen molar-refractivity contribution in [2.45, 2.75) is 155 Å². The molecule has 0 bridgehead atoms. The number of carbonyl (C=O) groups is 1. The Morgan fingerprint density at radius 2 is 0.806 bits per heavy atom. The van der Waals surface area contributed by atoms with Gasteiger partial charge in [0.25, 0.3) is 0 Å². The largest absolute Gasteiger partial charge is 1.00 e. The van der Waals surface area contributed by atoms with E-state index in [1.165, 1.54) is 135 Å². The molecular weight excluding hydrogens is 393 g/mol. The van der Waals surface area contributed by atoms with Gasteiger partial charge in [-0.2, -0.15) is 0 Å². The third-order valence-corrected chi connectivity index (χ3v) is 6.21. The average molecular weight is 448 g/mol. The normalized spacial score (nSPS) is 10.9. The minimum absolute atomic E-state index is 0. The van der Waals surface area contributed by atoms with Crippen molar-refractivity contribution >= 4 is 5.97 Å². The van der Waals surface area contributed by atoms with Gasteiger partial charge in [-0.25, -0.2) is 0 Å². The van der Waals surface area contributed by atoms with Gasteiger partial charge in [0.15, 0.2) is 0 Å². The summed E-state index contributed by atoms with van der Waals surface area (Å²) in [6.45, 7) is 3.77. The zero-order valence-corrected chi connectivity index (χ0v) is 23.5. The van der Waals surface area contributed by atoms with Crippen LogP contribution in [0.3, 0.4) is 0 Å². The number of rotatable bonds is 26. The van der Waals surface area contributed by atoms with Crippen LogP contribution in [0.15, 0.2) is 0 Å². The average Bonchev–Trinajstić information content (AvgIpc) is 2.73. The zero-order valence-electron chi connectivity index (χ0n) is 21.5. The van der Waals surface area contributed by atoms with Crippen LogP contribution in [-0.2, 0) is 4.79 Å². The maximum atomic E-state index is 10.3. The Kier molecular flexibility index (Phi) is 33.0. The molecule has 0 aliphatic heterocycles. The SMILES string of the molecule is CCCCCCCCCCCCCCCCCCCCCCCCNCCC(=O)[O-].[Na+]. The number of carboxylic acids is 1. The van der Waals surface area contributed by atoms with Gasteiger partial charge in [0.05, 0.1) is 0 Å². The molecule has 0 fully saturated rings. The van der Waals surface area contributed by atoms with E-state index in [0.29, 0.717) is 6.54 Å². The first-order valence-corrected chi connectivity index (χ1v) is 13.7. The van der Waals surface area contributed by atoms with E-state index in [1.807, 2.05) is 0 Å². The molecule has 3 nitrogen and oxygen atoms in total. The Balaban J connectivity index is 0. The molecular formula is C27H54NNaO2. The summed E-state index contributed by atoms with van der Waals surface area (Å²) in [5, 5.41) is 13.4. The molecule has 0 aromatic rings. The van der Waals surface area contributed by atoms with Crippen LogP contribution in [0.1, 0.15) is 155 Å². The quantitative estimate of drug-likeness (QED) is 0.159. The molecule has 0 aliphatic carbocycles. The van der Waals surface area contributed by atoms with Crippen molar-refractivity contribution in [1.82, 2.24) is 5.32 Å². The molecule has 0 amide bonds. The Hall–Kier alpha value is 0.430. The van der Waals surface area contributed by atoms with Crippen LogP contribution in [-0.4, -0.2) is 19.1 Å². The van der Waals surface area contributed by atoms with E-state index in [-0.39, 0.29) is 36.0 Å². The van der Waals surface area contributed by atoms with Crippen molar-refractivity contribution in [3.8, 4) is 0 Å². The number of hydrogen-bond acceptors (Lipinski definition) is 3. The summed E-state index contributed by atoms with van der Waals surface area (Å²) in [7, 11) is 0. The van der Waals surface area contributed by atoms with E-state index < -0.39 is 5.97 Å². The minimum Gasteiger partial charge on any atom is -0.550 e. The summed E-state index contributed by atoms with van der Waals surface area (Å²) in [5.74, 6) is -0.961. The van der Waals surface area contributed by atoms with Crippen LogP contribution in [0.2, 0.25) is 0 Å². The van der Waals surface area contributed by atoms with Gasteiger partial charge in [0, 0.05) is 12.5 Å². The molecule has 0 aliphatic rings. The van der Waals surface area contributed by atoms with Gasteiger partial charge in [0.2, 0.25) is 0 Å². The first-order chi connectivity index (χ1) is 14.8. The second-order valence-electron chi connectivity index (χ2n) is 9.30. The molecule has 1 N–H and O–H groups in total. The van der Waals surface area contributed by atoms with Gasteiger partial charge in [-0.1, -0.05) is 142 Å². The van der Waals surface area contributed by atoms with Gasteiger partial charge >= 0.3 is 29.6 Å². The summed E-state index contributed by atoms with van der Waals surface area (Å²) < 4.78 is 0. The first-order valence-electron chi connectivity index (χ1n) is 13.7. The fourth-order valence-corrected chi connectivity index (χ4v) is 4.17. The fourth-order valence-electron chi connectivity index (χ4n) is 4.17. The van der Waals surface area contributed by atoms with Gasteiger partial charge in [0.1, 0.15) is 0 Å². The van der Waals surface area contributed by atoms with Crippen LogP contribution in [0.4, 0.5) is 0 Å². The predicted molar refractivity (Wildman–Crippen MR) is 130 cm³/mol. The van der Waals surface area contributed by atoms with Crippen LogP contribution in [0.5, 0.6) is 0 Å². The number of carbonyl (C=O) groups excluding carboxylic acids is 1. The fraction of sp³-hybridized carbons (Fsp3) is 0.963. The molecule has 31 heavy (non-hydrogen) atoms. The second-order valence-corrected chi connectivity index (χ2v) is 9.30. The molecule has 0 atom stereocenters. The Morgan fingerprint density at radius 1 is 0.516 bits per heavy atom. The van der Waals surface area contributed by atoms with Crippen molar-refractivity contribution in [1.29, 1.82) is 0 Å². The van der Waals surface area contributed by atoms with Crippen LogP contribution < -0.4 is 40.0 Å². The zero-order chi connectivity index (χ0) is 22.0. The summed E-state index contributed by atoms with van der Waals surface area (Å²) in [4.78, 5) is 10.3. The van der Waals surface area contributed by atoms with Gasteiger partial charge in [-0.05, 0) is 19.4 Å². The third kappa shape index (κ3) is 32.7. The maximum Gasteiger partial charge on any atom is 1.00 e. The number of carboxylic acid groups (broad SMARTS) is 1. The molecule has 0 saturated heterocycles. The Morgan fingerprint density at radius 3 is 1.10 bits per heavy atom. The molecule has 4 heteroatoms. The topological polar surface area (TPSA) is 52.2 Å². The molecule has 0 rings (SSSR count). The van der Waals surface area contributed by atoms with Crippen molar-refractivity contribution < 1.29 is 39.5 Å². The van der Waals surface area contributed by atoms with Crippen molar-refractivity contribution in [3.05, 3.63) is 0 Å². The molecule has 0 radical (unpaired) electrons. The maximum absolute atomic E-state index is 10.3. The minimum atomic E-state index is -0.961. The Bertz CT molecular complexity index is 339. The van der Waals surface area contributed by atoms with E-state index >= 15 is 0 Å². The summed E-state index contributed by atoms with van der Waals surface area (Å²) in [5.41, 5.74) is 0. The van der Waals surface area contributed by atoms with Crippen molar-refractivity contribution in [3.63, 3.8) is 0 Å². The van der Waals surface area contributed by atoms with Crippen molar-refractivity contribution in [2.75, 3.05) is 13.1 Å². The number of aliphatic carboxylic acids is 1. The predicted octanol–water partition coefficient (Wildman–Crippen LogP) is 4.32. The molecule has 0 saturated carbocycles. The second kappa shape index (κ2) is 30.4. The van der Waals surface area contributed by atoms with E-state index in [0.717, 1.165) is 13.0 Å². The number of hydrogen-bond donors (Lipinski definition) is 1. The summed E-state index contributed by atoms with van der Waals surface area (Å²) in [6.07, 6.45) is 31.1. The third-order valence-electron chi connectivity index (χ3n) is 6.21. The van der Waals surface area contributed by atoms with Gasteiger partial charge in [-0.15, -0.1) is 0 Å². The van der Waals surface area contributed by atoms with E-state index in [2.05, 4.69) is 12.2 Å². The molecule has 180 valence electrons. The summed E-state index contributed by atoms with van der Waals surface area (Å²) in [6, 6.07) is 0. The smallest absolute Gasteiger partial charge is 0.550 e. The number of nitrogens with one attached hydrogen (secondary N) is 1. The van der Waals surface area contributed by atoms with E-state index in [1.54, 1.807) is 0 Å². The first kappa shape index (κ1) is 33.6. The number of unbranched alkanes of at least 4 members (excludes halogenated alkanes) is 21. The summed E-state index contributed by atoms with van der Waals surface area (Å²) >= 11 is 0. The Labute approximate surface area is 217 Å². The van der Waals surface area contributed by atoms with Gasteiger partial charge < -0.3 is 15.2 Å². The molecule has 0 aromatic heterocycles. The van der Waals surface area contributed by atoms with Gasteiger partial charge in [-0.3, -0.25) is 0 Å². The van der Waals surface area contributed by atoms with E-state index in [9.17, 15) is 9.90 Å². The van der Waals surface area contributed by atoms with Crippen LogP contribution >= 0.6 is 0 Å². The van der Waals surface area contributed by atoms with E-state index in [4.69, 9.17) is 0 Å². The molecule has 0 heterocycles.